The Bertz CT molecular complexity index is 555. The number of benzene rings is 2. The van der Waals surface area contributed by atoms with Crippen LogP contribution in [0.4, 0.5) is 5.69 Å². The molecule has 0 aliphatic rings. The van der Waals surface area contributed by atoms with Gasteiger partial charge in [-0.1, -0.05) is 12.1 Å². The van der Waals surface area contributed by atoms with Crippen LogP contribution in [-0.4, -0.2) is 14.2 Å². The summed E-state index contributed by atoms with van der Waals surface area (Å²) in [4.78, 5) is 0. The molecule has 100 valence electrons. The molecule has 0 saturated carbocycles. The van der Waals surface area contributed by atoms with Gasteiger partial charge in [0.05, 0.1) is 14.2 Å². The van der Waals surface area contributed by atoms with E-state index in [4.69, 9.17) is 19.9 Å². The summed E-state index contributed by atoms with van der Waals surface area (Å²) in [6.07, 6.45) is 0. The van der Waals surface area contributed by atoms with E-state index in [1.807, 2.05) is 36.4 Å². The van der Waals surface area contributed by atoms with Crippen LogP contribution in [0.2, 0.25) is 0 Å². The second kappa shape index (κ2) is 6.00. The number of nitrogen functional groups attached to an aromatic ring is 1. The number of anilines is 1. The van der Waals surface area contributed by atoms with Crippen molar-refractivity contribution in [3.05, 3.63) is 48.0 Å². The smallest absolute Gasteiger partial charge is 0.161 e. The minimum Gasteiger partial charge on any atom is -0.493 e. The first kappa shape index (κ1) is 13.1. The van der Waals surface area contributed by atoms with Gasteiger partial charge >= 0.3 is 0 Å². The van der Waals surface area contributed by atoms with Gasteiger partial charge in [-0.25, -0.2) is 0 Å². The molecule has 4 nitrogen and oxygen atoms in total. The molecule has 0 heterocycles. The molecule has 19 heavy (non-hydrogen) atoms. The molecular formula is C15H17NO3. The Labute approximate surface area is 112 Å². The van der Waals surface area contributed by atoms with Crippen molar-refractivity contribution in [1.29, 1.82) is 0 Å². The molecule has 0 aliphatic heterocycles. The summed E-state index contributed by atoms with van der Waals surface area (Å²) in [5.41, 5.74) is 7.38. The zero-order chi connectivity index (χ0) is 13.7. The van der Waals surface area contributed by atoms with Gasteiger partial charge in [-0.15, -0.1) is 0 Å². The van der Waals surface area contributed by atoms with Crippen molar-refractivity contribution in [2.45, 2.75) is 6.61 Å². The van der Waals surface area contributed by atoms with Crippen molar-refractivity contribution in [3.8, 4) is 17.2 Å². The Kier molecular flexibility index (Phi) is 4.13. The zero-order valence-corrected chi connectivity index (χ0v) is 11.1. The quantitative estimate of drug-likeness (QED) is 0.839. The maximum absolute atomic E-state index is 5.69. The van der Waals surface area contributed by atoms with Crippen LogP contribution >= 0.6 is 0 Å². The highest BCUT2D eigenvalue weighted by molar-refractivity contribution is 5.44. The lowest BCUT2D eigenvalue weighted by Gasteiger charge is -2.11. The number of hydrogen-bond donors (Lipinski definition) is 1. The van der Waals surface area contributed by atoms with Crippen LogP contribution in [-0.2, 0) is 6.61 Å². The lowest BCUT2D eigenvalue weighted by atomic mass is 10.2. The number of rotatable bonds is 5. The van der Waals surface area contributed by atoms with Gasteiger partial charge in [0.15, 0.2) is 11.5 Å². The van der Waals surface area contributed by atoms with Gasteiger partial charge in [0.2, 0.25) is 0 Å². The molecule has 0 saturated heterocycles. The van der Waals surface area contributed by atoms with E-state index in [1.165, 1.54) is 0 Å². The lowest BCUT2D eigenvalue weighted by Crippen LogP contribution is -1.98. The molecule has 0 aromatic heterocycles. The van der Waals surface area contributed by atoms with Crippen LogP contribution in [0.1, 0.15) is 5.56 Å². The first-order chi connectivity index (χ1) is 9.22. The van der Waals surface area contributed by atoms with Crippen molar-refractivity contribution >= 4 is 5.69 Å². The maximum atomic E-state index is 5.69. The van der Waals surface area contributed by atoms with Crippen LogP contribution in [0.25, 0.3) is 0 Å². The van der Waals surface area contributed by atoms with Gasteiger partial charge in [-0.3, -0.25) is 0 Å². The first-order valence-electron chi connectivity index (χ1n) is 5.92. The topological polar surface area (TPSA) is 53.7 Å². The Hall–Kier alpha value is -2.36. The van der Waals surface area contributed by atoms with Crippen molar-refractivity contribution < 1.29 is 14.2 Å². The third kappa shape index (κ3) is 3.31. The third-order valence-corrected chi connectivity index (χ3v) is 2.71. The molecule has 0 amide bonds. The van der Waals surface area contributed by atoms with E-state index >= 15 is 0 Å². The van der Waals surface area contributed by atoms with Gasteiger partial charge < -0.3 is 19.9 Å². The summed E-state index contributed by atoms with van der Waals surface area (Å²) in [7, 11) is 3.22. The van der Waals surface area contributed by atoms with Crippen molar-refractivity contribution in [3.63, 3.8) is 0 Å². The monoisotopic (exact) mass is 259 g/mol. The molecule has 0 unspecified atom stereocenters. The van der Waals surface area contributed by atoms with E-state index in [-0.39, 0.29) is 0 Å². The van der Waals surface area contributed by atoms with E-state index in [0.717, 1.165) is 11.3 Å². The SMILES string of the molecule is COc1ccc(COc2cccc(N)c2)cc1OC. The number of hydrogen-bond acceptors (Lipinski definition) is 4. The van der Waals surface area contributed by atoms with Crippen molar-refractivity contribution in [2.24, 2.45) is 0 Å². The predicted molar refractivity (Wildman–Crippen MR) is 74.7 cm³/mol. The van der Waals surface area contributed by atoms with Crippen LogP contribution < -0.4 is 19.9 Å². The highest BCUT2D eigenvalue weighted by Crippen LogP contribution is 2.28. The van der Waals surface area contributed by atoms with E-state index in [1.54, 1.807) is 20.3 Å². The molecule has 0 atom stereocenters. The molecule has 0 aliphatic carbocycles. The second-order valence-electron chi connectivity index (χ2n) is 4.05. The van der Waals surface area contributed by atoms with Crippen LogP contribution in [0, 0.1) is 0 Å². The molecule has 2 N–H and O–H groups in total. The Balaban J connectivity index is 2.07. The van der Waals surface area contributed by atoms with E-state index in [2.05, 4.69) is 0 Å². The summed E-state index contributed by atoms with van der Waals surface area (Å²) in [5, 5.41) is 0. The Morgan fingerprint density at radius 2 is 1.74 bits per heavy atom. The normalized spacial score (nSPS) is 10.0. The van der Waals surface area contributed by atoms with Gasteiger partial charge in [-0.05, 0) is 29.8 Å². The molecule has 0 spiro atoms. The van der Waals surface area contributed by atoms with Gasteiger partial charge in [0.25, 0.3) is 0 Å². The summed E-state index contributed by atoms with van der Waals surface area (Å²) in [5.74, 6) is 2.14. The van der Waals surface area contributed by atoms with Crippen LogP contribution in [0.15, 0.2) is 42.5 Å². The van der Waals surface area contributed by atoms with Crippen LogP contribution in [0.3, 0.4) is 0 Å². The highest BCUT2D eigenvalue weighted by atomic mass is 16.5. The molecule has 2 aromatic rings. The fourth-order valence-electron chi connectivity index (χ4n) is 1.74. The summed E-state index contributed by atoms with van der Waals surface area (Å²) < 4.78 is 16.1. The van der Waals surface area contributed by atoms with E-state index in [9.17, 15) is 0 Å². The van der Waals surface area contributed by atoms with E-state index in [0.29, 0.717) is 23.8 Å². The molecule has 4 heteroatoms. The van der Waals surface area contributed by atoms with Gasteiger partial charge in [0, 0.05) is 11.8 Å². The van der Waals surface area contributed by atoms with E-state index < -0.39 is 0 Å². The fourth-order valence-corrected chi connectivity index (χ4v) is 1.74. The maximum Gasteiger partial charge on any atom is 0.161 e. The molecular weight excluding hydrogens is 242 g/mol. The predicted octanol–water partition coefficient (Wildman–Crippen LogP) is 2.87. The minimum absolute atomic E-state index is 0.448. The highest BCUT2D eigenvalue weighted by Gasteiger charge is 2.05. The van der Waals surface area contributed by atoms with Gasteiger partial charge in [-0.2, -0.15) is 0 Å². The summed E-state index contributed by atoms with van der Waals surface area (Å²) in [6, 6.07) is 13.0. The standard InChI is InChI=1S/C15H17NO3/c1-17-14-7-6-11(8-15(14)18-2)10-19-13-5-3-4-12(16)9-13/h3-9H,10,16H2,1-2H3. The Morgan fingerprint density at radius 3 is 2.42 bits per heavy atom. The lowest BCUT2D eigenvalue weighted by molar-refractivity contribution is 0.304. The average Bonchev–Trinajstić information content (AvgIpc) is 2.45. The molecule has 0 fully saturated rings. The number of ether oxygens (including phenoxy) is 3. The van der Waals surface area contributed by atoms with Crippen LogP contribution in [0.5, 0.6) is 17.2 Å². The first-order valence-corrected chi connectivity index (χ1v) is 5.92. The molecule has 2 aromatic carbocycles. The summed E-state index contributed by atoms with van der Waals surface area (Å²) in [6.45, 7) is 0.448. The number of methoxy groups -OCH3 is 2. The Morgan fingerprint density at radius 1 is 0.947 bits per heavy atom. The summed E-state index contributed by atoms with van der Waals surface area (Å²) >= 11 is 0. The van der Waals surface area contributed by atoms with Crippen molar-refractivity contribution in [2.75, 3.05) is 20.0 Å². The zero-order valence-electron chi connectivity index (χ0n) is 11.1. The minimum atomic E-state index is 0.448. The molecule has 0 radical (unpaired) electrons. The largest absolute Gasteiger partial charge is 0.493 e. The average molecular weight is 259 g/mol. The second-order valence-corrected chi connectivity index (χ2v) is 4.05. The van der Waals surface area contributed by atoms with Crippen molar-refractivity contribution in [1.82, 2.24) is 0 Å². The molecule has 2 rings (SSSR count). The van der Waals surface area contributed by atoms with Gasteiger partial charge in [0.1, 0.15) is 12.4 Å². The number of nitrogens with two attached hydrogens (primary N) is 1. The molecule has 0 bridgehead atoms. The fraction of sp³-hybridized carbons (Fsp3) is 0.200. The third-order valence-electron chi connectivity index (χ3n) is 2.71.